The van der Waals surface area contributed by atoms with Crippen molar-refractivity contribution < 1.29 is 9.66 Å². The van der Waals surface area contributed by atoms with Crippen molar-refractivity contribution in [2.45, 2.75) is 26.7 Å². The molecule has 0 saturated heterocycles. The summed E-state index contributed by atoms with van der Waals surface area (Å²) in [6.07, 6.45) is 2.01. The predicted octanol–water partition coefficient (Wildman–Crippen LogP) is 3.97. The van der Waals surface area contributed by atoms with Crippen molar-refractivity contribution in [1.82, 2.24) is 0 Å². The number of rotatable bonds is 7. The van der Waals surface area contributed by atoms with Gasteiger partial charge in [-0.3, -0.25) is 10.1 Å². The van der Waals surface area contributed by atoms with E-state index in [-0.39, 0.29) is 5.69 Å². The monoisotopic (exact) mass is 316 g/mol. The minimum Gasteiger partial charge on any atom is -0.493 e. The Balaban J connectivity index is 3.01. The summed E-state index contributed by atoms with van der Waals surface area (Å²) in [4.78, 5) is 10.6. The van der Waals surface area contributed by atoms with Gasteiger partial charge < -0.3 is 10.1 Å². The number of nitrogens with zero attached hydrogens (tertiary/aromatic N) is 1. The van der Waals surface area contributed by atoms with Gasteiger partial charge in [0.1, 0.15) is 11.4 Å². The molecular weight excluding hydrogens is 300 g/mol. The van der Waals surface area contributed by atoms with Gasteiger partial charge in [-0.2, -0.15) is 0 Å². The first kappa shape index (κ1) is 14.8. The van der Waals surface area contributed by atoms with Gasteiger partial charge in [0.25, 0.3) is 5.69 Å². The molecule has 0 aliphatic rings. The lowest BCUT2D eigenvalue weighted by atomic mass is 10.2. The zero-order valence-corrected chi connectivity index (χ0v) is 12.1. The predicted molar refractivity (Wildman–Crippen MR) is 75.4 cm³/mol. The molecule has 0 heterocycles. The highest BCUT2D eigenvalue weighted by Gasteiger charge is 2.17. The van der Waals surface area contributed by atoms with Crippen molar-refractivity contribution in [3.8, 4) is 5.75 Å². The average Bonchev–Trinajstić information content (AvgIpc) is 2.33. The third kappa shape index (κ3) is 3.87. The van der Waals surface area contributed by atoms with E-state index in [0.29, 0.717) is 29.1 Å². The van der Waals surface area contributed by atoms with Gasteiger partial charge in [-0.1, -0.05) is 13.3 Å². The Bertz CT molecular complexity index is 424. The number of benzene rings is 1. The van der Waals surface area contributed by atoms with Gasteiger partial charge in [0, 0.05) is 18.7 Å². The number of hydrogen-bond acceptors (Lipinski definition) is 4. The van der Waals surface area contributed by atoms with Crippen LogP contribution in [0.4, 0.5) is 11.4 Å². The molecule has 1 aromatic rings. The number of hydrogen-bond donors (Lipinski definition) is 1. The van der Waals surface area contributed by atoms with Crippen LogP contribution in [0.1, 0.15) is 26.7 Å². The van der Waals surface area contributed by atoms with Crippen molar-refractivity contribution in [3.63, 3.8) is 0 Å². The zero-order valence-electron chi connectivity index (χ0n) is 10.5. The lowest BCUT2D eigenvalue weighted by molar-refractivity contribution is -0.384. The van der Waals surface area contributed by atoms with Gasteiger partial charge >= 0.3 is 0 Å². The molecule has 1 aromatic carbocycles. The first-order valence-electron chi connectivity index (χ1n) is 5.94. The molecule has 0 amide bonds. The molecular formula is C12H17BrN2O3. The van der Waals surface area contributed by atoms with Crippen molar-refractivity contribution in [2.24, 2.45) is 0 Å². The van der Waals surface area contributed by atoms with E-state index in [0.717, 1.165) is 12.8 Å². The number of unbranched alkanes of at least 4 members (excludes halogenated alkanes) is 1. The molecule has 6 heteroatoms. The highest BCUT2D eigenvalue weighted by atomic mass is 79.9. The summed E-state index contributed by atoms with van der Waals surface area (Å²) in [5.41, 5.74) is 0.557. The van der Waals surface area contributed by atoms with E-state index in [1.807, 2.05) is 6.92 Å². The zero-order chi connectivity index (χ0) is 13.5. The summed E-state index contributed by atoms with van der Waals surface area (Å²) in [5, 5.41) is 14.1. The first-order valence-corrected chi connectivity index (χ1v) is 6.74. The van der Waals surface area contributed by atoms with Crippen LogP contribution >= 0.6 is 15.9 Å². The number of nitro groups is 1. The molecule has 0 aromatic heterocycles. The Morgan fingerprint density at radius 3 is 2.72 bits per heavy atom. The summed E-state index contributed by atoms with van der Waals surface area (Å²) in [6, 6.07) is 3.14. The Labute approximate surface area is 115 Å². The third-order valence-electron chi connectivity index (χ3n) is 2.39. The highest BCUT2D eigenvalue weighted by molar-refractivity contribution is 9.10. The third-order valence-corrected chi connectivity index (χ3v) is 3.01. The molecule has 0 radical (unpaired) electrons. The second kappa shape index (κ2) is 7.20. The summed E-state index contributed by atoms with van der Waals surface area (Å²) in [5.74, 6) is 0.613. The first-order chi connectivity index (χ1) is 8.60. The molecule has 5 nitrogen and oxygen atoms in total. The summed E-state index contributed by atoms with van der Waals surface area (Å²) in [6.45, 7) is 5.18. The maximum absolute atomic E-state index is 11.0. The average molecular weight is 317 g/mol. The van der Waals surface area contributed by atoms with Crippen LogP contribution in [0.5, 0.6) is 5.75 Å². The topological polar surface area (TPSA) is 64.4 Å². The van der Waals surface area contributed by atoms with E-state index >= 15 is 0 Å². The Morgan fingerprint density at radius 2 is 2.17 bits per heavy atom. The molecule has 0 unspecified atom stereocenters. The van der Waals surface area contributed by atoms with E-state index in [1.54, 1.807) is 6.07 Å². The minimum atomic E-state index is -0.394. The SMILES string of the molecule is CCCCNc1cc(OCC)c(Br)cc1[N+](=O)[O-]. The molecule has 100 valence electrons. The van der Waals surface area contributed by atoms with E-state index in [9.17, 15) is 10.1 Å². The van der Waals surface area contributed by atoms with Gasteiger partial charge in [0.15, 0.2) is 0 Å². The fourth-order valence-corrected chi connectivity index (χ4v) is 1.95. The summed E-state index contributed by atoms with van der Waals surface area (Å²) >= 11 is 3.28. The molecule has 1 rings (SSSR count). The van der Waals surface area contributed by atoms with Crippen LogP contribution in [-0.4, -0.2) is 18.1 Å². The number of nitrogens with one attached hydrogen (secondary N) is 1. The van der Waals surface area contributed by atoms with Crippen LogP contribution < -0.4 is 10.1 Å². The van der Waals surface area contributed by atoms with E-state index < -0.39 is 4.92 Å². The van der Waals surface area contributed by atoms with Crippen LogP contribution in [0.25, 0.3) is 0 Å². The lowest BCUT2D eigenvalue weighted by Crippen LogP contribution is -2.05. The van der Waals surface area contributed by atoms with Crippen LogP contribution in [0.3, 0.4) is 0 Å². The van der Waals surface area contributed by atoms with Gasteiger partial charge in [-0.25, -0.2) is 0 Å². The number of anilines is 1. The maximum atomic E-state index is 11.0. The second-order valence-electron chi connectivity index (χ2n) is 3.77. The standard InChI is InChI=1S/C12H17BrN2O3/c1-3-5-6-14-10-8-12(18-4-2)9(13)7-11(10)15(16)17/h7-8,14H,3-6H2,1-2H3. The Hall–Kier alpha value is -1.30. The molecule has 1 N–H and O–H groups in total. The molecule has 0 spiro atoms. The largest absolute Gasteiger partial charge is 0.493 e. The van der Waals surface area contributed by atoms with Crippen molar-refractivity contribution in [2.75, 3.05) is 18.5 Å². The van der Waals surface area contributed by atoms with E-state index in [2.05, 4.69) is 28.2 Å². The summed E-state index contributed by atoms with van der Waals surface area (Å²) in [7, 11) is 0. The van der Waals surface area contributed by atoms with Gasteiger partial charge in [-0.05, 0) is 29.3 Å². The molecule has 0 bridgehead atoms. The van der Waals surface area contributed by atoms with Gasteiger partial charge in [-0.15, -0.1) is 0 Å². The molecule has 0 aliphatic carbocycles. The van der Waals surface area contributed by atoms with Crippen molar-refractivity contribution >= 4 is 27.3 Å². The Kier molecular flexibility index (Phi) is 5.91. The molecule has 0 aliphatic heterocycles. The van der Waals surface area contributed by atoms with Crippen molar-refractivity contribution in [1.29, 1.82) is 0 Å². The summed E-state index contributed by atoms with van der Waals surface area (Å²) < 4.78 is 6.00. The highest BCUT2D eigenvalue weighted by Crippen LogP contribution is 2.36. The Morgan fingerprint density at radius 1 is 1.44 bits per heavy atom. The smallest absolute Gasteiger partial charge is 0.293 e. The van der Waals surface area contributed by atoms with E-state index in [1.165, 1.54) is 6.07 Å². The number of ether oxygens (including phenoxy) is 1. The van der Waals surface area contributed by atoms with Gasteiger partial charge in [0.2, 0.25) is 0 Å². The number of nitro benzene ring substituents is 1. The molecule has 0 saturated carbocycles. The van der Waals surface area contributed by atoms with Crippen LogP contribution in [0, 0.1) is 10.1 Å². The molecule has 0 atom stereocenters. The van der Waals surface area contributed by atoms with Gasteiger partial charge in [0.05, 0.1) is 16.0 Å². The number of halogens is 1. The molecule has 18 heavy (non-hydrogen) atoms. The normalized spacial score (nSPS) is 10.2. The quantitative estimate of drug-likeness (QED) is 0.469. The second-order valence-corrected chi connectivity index (χ2v) is 4.62. The lowest BCUT2D eigenvalue weighted by Gasteiger charge is -2.11. The van der Waals surface area contributed by atoms with Crippen LogP contribution in [0.15, 0.2) is 16.6 Å². The van der Waals surface area contributed by atoms with Crippen LogP contribution in [-0.2, 0) is 0 Å². The fraction of sp³-hybridized carbons (Fsp3) is 0.500. The maximum Gasteiger partial charge on any atom is 0.293 e. The molecule has 0 fully saturated rings. The van der Waals surface area contributed by atoms with Crippen LogP contribution in [0.2, 0.25) is 0 Å². The minimum absolute atomic E-state index is 0.0569. The van der Waals surface area contributed by atoms with E-state index in [4.69, 9.17) is 4.74 Å². The van der Waals surface area contributed by atoms with Crippen molar-refractivity contribution in [3.05, 3.63) is 26.7 Å². The fourth-order valence-electron chi connectivity index (χ4n) is 1.50.